The van der Waals surface area contributed by atoms with E-state index in [1.54, 1.807) is 0 Å². The van der Waals surface area contributed by atoms with Crippen LogP contribution >= 0.6 is 0 Å². The number of hydrogen-bond acceptors (Lipinski definition) is 3. The quantitative estimate of drug-likeness (QED) is 0.643. The van der Waals surface area contributed by atoms with E-state index < -0.39 is 0 Å². The van der Waals surface area contributed by atoms with E-state index in [1.807, 2.05) is 0 Å². The van der Waals surface area contributed by atoms with Crippen molar-refractivity contribution in [3.8, 4) is 0 Å². The lowest BCUT2D eigenvalue weighted by atomic mass is 9.99. The second-order valence-electron chi connectivity index (χ2n) is 5.39. The summed E-state index contributed by atoms with van der Waals surface area (Å²) in [5.41, 5.74) is 0. The molecule has 17 heavy (non-hydrogen) atoms. The van der Waals surface area contributed by atoms with Gasteiger partial charge in [-0.05, 0) is 44.6 Å². The number of ether oxygens (including phenoxy) is 1. The van der Waals surface area contributed by atoms with Gasteiger partial charge in [-0.1, -0.05) is 20.3 Å². The molecule has 0 aromatic rings. The summed E-state index contributed by atoms with van der Waals surface area (Å²) in [4.78, 5) is 0. The lowest BCUT2D eigenvalue weighted by molar-refractivity contribution is -0.00316. The van der Waals surface area contributed by atoms with E-state index >= 15 is 0 Å². The SMILES string of the molecule is CCCC1CC(NCCCC(C)CO)CCO1. The van der Waals surface area contributed by atoms with Crippen LogP contribution in [0.5, 0.6) is 0 Å². The summed E-state index contributed by atoms with van der Waals surface area (Å²) in [7, 11) is 0. The molecule has 3 atom stereocenters. The van der Waals surface area contributed by atoms with E-state index in [1.165, 1.54) is 19.3 Å². The van der Waals surface area contributed by atoms with Gasteiger partial charge in [-0.3, -0.25) is 0 Å². The first kappa shape index (κ1) is 14.9. The fourth-order valence-electron chi connectivity index (χ4n) is 2.44. The monoisotopic (exact) mass is 243 g/mol. The van der Waals surface area contributed by atoms with Gasteiger partial charge in [-0.25, -0.2) is 0 Å². The maximum absolute atomic E-state index is 8.94. The molecule has 1 aliphatic rings. The Morgan fingerprint density at radius 2 is 2.29 bits per heavy atom. The van der Waals surface area contributed by atoms with Crippen LogP contribution in [0, 0.1) is 5.92 Å². The van der Waals surface area contributed by atoms with Crippen molar-refractivity contribution in [1.82, 2.24) is 5.32 Å². The molecule has 0 spiro atoms. The lowest BCUT2D eigenvalue weighted by Gasteiger charge is -2.30. The number of aliphatic hydroxyl groups is 1. The van der Waals surface area contributed by atoms with Gasteiger partial charge >= 0.3 is 0 Å². The lowest BCUT2D eigenvalue weighted by Crippen LogP contribution is -2.39. The van der Waals surface area contributed by atoms with Gasteiger partial charge in [0.2, 0.25) is 0 Å². The van der Waals surface area contributed by atoms with Gasteiger partial charge < -0.3 is 15.2 Å². The molecule has 0 saturated carbocycles. The molecule has 102 valence electrons. The Balaban J connectivity index is 2.06. The number of rotatable bonds is 8. The standard InChI is InChI=1S/C14H29NO2/c1-3-5-14-10-13(7-9-17-14)15-8-4-6-12(2)11-16/h12-16H,3-11H2,1-2H3. The highest BCUT2D eigenvalue weighted by molar-refractivity contribution is 4.76. The maximum Gasteiger partial charge on any atom is 0.0589 e. The molecule has 1 rings (SSSR count). The van der Waals surface area contributed by atoms with Crippen LogP contribution in [0.3, 0.4) is 0 Å². The van der Waals surface area contributed by atoms with Gasteiger partial charge in [-0.15, -0.1) is 0 Å². The molecule has 1 heterocycles. The van der Waals surface area contributed by atoms with E-state index in [9.17, 15) is 0 Å². The molecule has 0 radical (unpaired) electrons. The summed E-state index contributed by atoms with van der Waals surface area (Å²) >= 11 is 0. The molecule has 0 aromatic heterocycles. The van der Waals surface area contributed by atoms with Gasteiger partial charge in [0.1, 0.15) is 0 Å². The van der Waals surface area contributed by atoms with Crippen molar-refractivity contribution in [3.63, 3.8) is 0 Å². The third-order valence-corrected chi connectivity index (χ3v) is 3.60. The largest absolute Gasteiger partial charge is 0.396 e. The molecule has 3 heteroatoms. The van der Waals surface area contributed by atoms with Crippen LogP contribution in [-0.2, 0) is 4.74 Å². The van der Waals surface area contributed by atoms with Crippen molar-refractivity contribution >= 4 is 0 Å². The highest BCUT2D eigenvalue weighted by atomic mass is 16.5. The molecule has 1 saturated heterocycles. The highest BCUT2D eigenvalue weighted by Crippen LogP contribution is 2.17. The molecular formula is C14H29NO2. The topological polar surface area (TPSA) is 41.5 Å². The Morgan fingerprint density at radius 3 is 3.00 bits per heavy atom. The van der Waals surface area contributed by atoms with E-state index in [4.69, 9.17) is 9.84 Å². The summed E-state index contributed by atoms with van der Waals surface area (Å²) in [6.07, 6.45) is 7.48. The Morgan fingerprint density at radius 1 is 1.47 bits per heavy atom. The third kappa shape index (κ3) is 6.39. The van der Waals surface area contributed by atoms with Crippen molar-refractivity contribution in [3.05, 3.63) is 0 Å². The van der Waals surface area contributed by atoms with Crippen LogP contribution in [0.4, 0.5) is 0 Å². The molecule has 1 fully saturated rings. The first-order valence-corrected chi connectivity index (χ1v) is 7.22. The Labute approximate surface area is 106 Å². The molecule has 1 aliphatic heterocycles. The van der Waals surface area contributed by atoms with E-state index in [0.29, 0.717) is 24.7 Å². The van der Waals surface area contributed by atoms with Crippen LogP contribution in [0.1, 0.15) is 52.4 Å². The molecule has 3 nitrogen and oxygen atoms in total. The second kappa shape index (κ2) is 8.90. The molecule has 2 N–H and O–H groups in total. The smallest absolute Gasteiger partial charge is 0.0589 e. The molecule has 0 bridgehead atoms. The van der Waals surface area contributed by atoms with Crippen LogP contribution < -0.4 is 5.32 Å². The first-order chi connectivity index (χ1) is 8.26. The predicted molar refractivity (Wildman–Crippen MR) is 71.2 cm³/mol. The minimum atomic E-state index is 0.315. The summed E-state index contributed by atoms with van der Waals surface area (Å²) in [5.74, 6) is 0.444. The van der Waals surface area contributed by atoms with E-state index in [0.717, 1.165) is 32.4 Å². The average molecular weight is 243 g/mol. The van der Waals surface area contributed by atoms with Crippen LogP contribution in [0.2, 0.25) is 0 Å². The zero-order valence-electron chi connectivity index (χ0n) is 11.5. The molecule has 0 aliphatic carbocycles. The predicted octanol–water partition coefficient (Wildman–Crippen LogP) is 2.33. The molecule has 0 amide bonds. The van der Waals surface area contributed by atoms with Gasteiger partial charge in [0.05, 0.1) is 6.10 Å². The zero-order chi connectivity index (χ0) is 12.5. The van der Waals surface area contributed by atoms with Gasteiger partial charge in [0.25, 0.3) is 0 Å². The van der Waals surface area contributed by atoms with E-state index in [2.05, 4.69) is 19.2 Å². The third-order valence-electron chi connectivity index (χ3n) is 3.60. The van der Waals surface area contributed by atoms with Crippen LogP contribution in [0.25, 0.3) is 0 Å². The summed E-state index contributed by atoms with van der Waals surface area (Å²) in [6, 6.07) is 0.643. The average Bonchev–Trinajstić information content (AvgIpc) is 2.35. The van der Waals surface area contributed by atoms with Crippen molar-refractivity contribution in [2.45, 2.75) is 64.5 Å². The summed E-state index contributed by atoms with van der Waals surface area (Å²) in [6.45, 7) is 6.63. The van der Waals surface area contributed by atoms with Crippen molar-refractivity contribution < 1.29 is 9.84 Å². The van der Waals surface area contributed by atoms with Crippen LogP contribution in [0.15, 0.2) is 0 Å². The van der Waals surface area contributed by atoms with Crippen LogP contribution in [-0.4, -0.2) is 37.0 Å². The highest BCUT2D eigenvalue weighted by Gasteiger charge is 2.21. The normalized spacial score (nSPS) is 27.0. The fraction of sp³-hybridized carbons (Fsp3) is 1.00. The second-order valence-corrected chi connectivity index (χ2v) is 5.39. The Kier molecular flexibility index (Phi) is 7.82. The Hall–Kier alpha value is -0.120. The number of nitrogens with one attached hydrogen (secondary N) is 1. The van der Waals surface area contributed by atoms with Gasteiger partial charge in [0.15, 0.2) is 0 Å². The minimum Gasteiger partial charge on any atom is -0.396 e. The maximum atomic E-state index is 8.94. The van der Waals surface area contributed by atoms with Gasteiger partial charge in [0, 0.05) is 19.3 Å². The molecule has 3 unspecified atom stereocenters. The van der Waals surface area contributed by atoms with Crippen molar-refractivity contribution in [1.29, 1.82) is 0 Å². The fourth-order valence-corrected chi connectivity index (χ4v) is 2.44. The van der Waals surface area contributed by atoms with Crippen molar-refractivity contribution in [2.24, 2.45) is 5.92 Å². The minimum absolute atomic E-state index is 0.315. The molecular weight excluding hydrogens is 214 g/mol. The number of aliphatic hydroxyl groups excluding tert-OH is 1. The molecule has 0 aromatic carbocycles. The zero-order valence-corrected chi connectivity index (χ0v) is 11.5. The summed E-state index contributed by atoms with van der Waals surface area (Å²) in [5, 5.41) is 12.6. The summed E-state index contributed by atoms with van der Waals surface area (Å²) < 4.78 is 5.74. The Bertz CT molecular complexity index is 185. The first-order valence-electron chi connectivity index (χ1n) is 7.22. The van der Waals surface area contributed by atoms with Crippen molar-refractivity contribution in [2.75, 3.05) is 19.8 Å². The van der Waals surface area contributed by atoms with E-state index in [-0.39, 0.29) is 0 Å². The van der Waals surface area contributed by atoms with Gasteiger partial charge in [-0.2, -0.15) is 0 Å². The number of hydrogen-bond donors (Lipinski definition) is 2.